The van der Waals surface area contributed by atoms with E-state index in [0.29, 0.717) is 12.6 Å². The Balaban J connectivity index is 0.00000484. The quantitative estimate of drug-likeness (QED) is 0.367. The van der Waals surface area contributed by atoms with E-state index in [1.807, 2.05) is 45.0 Å². The molecule has 6 heteroatoms. The van der Waals surface area contributed by atoms with Gasteiger partial charge in [0.2, 0.25) is 5.91 Å². The molecule has 0 atom stereocenters. The number of nitrogens with one attached hydrogen (secondary N) is 3. The Hall–Kier alpha value is -1.31. The monoisotopic (exact) mass is 432 g/mol. The highest BCUT2D eigenvalue weighted by molar-refractivity contribution is 14.0. The van der Waals surface area contributed by atoms with Crippen molar-refractivity contribution >= 4 is 41.5 Å². The lowest BCUT2D eigenvalue weighted by Gasteiger charge is -2.14. The Morgan fingerprint density at radius 1 is 1.13 bits per heavy atom. The molecule has 23 heavy (non-hydrogen) atoms. The number of benzene rings is 1. The van der Waals surface area contributed by atoms with E-state index in [4.69, 9.17) is 0 Å². The van der Waals surface area contributed by atoms with Gasteiger partial charge in [-0.25, -0.2) is 4.99 Å². The Morgan fingerprint density at radius 2 is 1.74 bits per heavy atom. The van der Waals surface area contributed by atoms with Gasteiger partial charge in [0.05, 0.1) is 6.54 Å². The molecule has 0 saturated carbocycles. The summed E-state index contributed by atoms with van der Waals surface area (Å²) in [6.07, 6.45) is 0. The summed E-state index contributed by atoms with van der Waals surface area (Å²) in [5, 5.41) is 9.38. The highest BCUT2D eigenvalue weighted by atomic mass is 127. The summed E-state index contributed by atoms with van der Waals surface area (Å²) in [5.74, 6) is 0.824. The zero-order valence-electron chi connectivity index (χ0n) is 14.6. The molecule has 3 N–H and O–H groups in total. The number of guanidine groups is 1. The highest BCUT2D eigenvalue weighted by Gasteiger charge is 2.06. The smallest absolute Gasteiger partial charge is 0.226 e. The summed E-state index contributed by atoms with van der Waals surface area (Å²) < 4.78 is 0. The molecule has 0 saturated heterocycles. The molecule has 0 heterocycles. The number of carbonyl (C=O) groups excluding carboxylic acids is 1. The molecule has 0 aromatic heterocycles. The fraction of sp³-hybridized carbons (Fsp3) is 0.529. The van der Waals surface area contributed by atoms with Gasteiger partial charge in [0, 0.05) is 24.2 Å². The van der Waals surface area contributed by atoms with Crippen LogP contribution in [0.5, 0.6) is 0 Å². The number of nitrogens with zero attached hydrogens (tertiary/aromatic N) is 1. The second-order valence-corrected chi connectivity index (χ2v) is 5.84. The van der Waals surface area contributed by atoms with E-state index in [9.17, 15) is 4.79 Å². The van der Waals surface area contributed by atoms with Crippen molar-refractivity contribution in [2.75, 3.05) is 11.9 Å². The molecular weight excluding hydrogens is 403 g/mol. The van der Waals surface area contributed by atoms with Crippen molar-refractivity contribution < 1.29 is 4.79 Å². The Labute approximate surface area is 156 Å². The second-order valence-electron chi connectivity index (χ2n) is 5.84. The van der Waals surface area contributed by atoms with Gasteiger partial charge >= 0.3 is 0 Å². The number of hydrogen-bond acceptors (Lipinski definition) is 2. The van der Waals surface area contributed by atoms with Gasteiger partial charge in [0.1, 0.15) is 0 Å². The normalized spacial score (nSPS) is 11.2. The Bertz CT molecular complexity index is 498. The van der Waals surface area contributed by atoms with Crippen molar-refractivity contribution in [3.8, 4) is 0 Å². The predicted molar refractivity (Wildman–Crippen MR) is 108 cm³/mol. The van der Waals surface area contributed by atoms with Gasteiger partial charge in [-0.3, -0.25) is 4.79 Å². The minimum Gasteiger partial charge on any atom is -0.357 e. The zero-order chi connectivity index (χ0) is 16.5. The van der Waals surface area contributed by atoms with Gasteiger partial charge in [-0.15, -0.1) is 24.0 Å². The number of amides is 1. The van der Waals surface area contributed by atoms with E-state index in [-0.39, 0.29) is 35.8 Å². The highest BCUT2D eigenvalue weighted by Crippen LogP contribution is 2.11. The van der Waals surface area contributed by atoms with Gasteiger partial charge < -0.3 is 16.0 Å². The zero-order valence-corrected chi connectivity index (χ0v) is 17.0. The van der Waals surface area contributed by atoms with E-state index >= 15 is 0 Å². The van der Waals surface area contributed by atoms with Crippen LogP contribution in [-0.4, -0.2) is 24.5 Å². The Morgan fingerprint density at radius 3 is 2.22 bits per heavy atom. The van der Waals surface area contributed by atoms with Gasteiger partial charge in [0.15, 0.2) is 5.96 Å². The van der Waals surface area contributed by atoms with Crippen molar-refractivity contribution in [2.24, 2.45) is 10.9 Å². The minimum atomic E-state index is -0.0194. The molecule has 0 aliphatic rings. The number of rotatable bonds is 6. The molecule has 1 aromatic carbocycles. The summed E-state index contributed by atoms with van der Waals surface area (Å²) in [4.78, 5) is 16.2. The first kappa shape index (κ1) is 21.7. The lowest BCUT2D eigenvalue weighted by molar-refractivity contribution is -0.118. The maximum Gasteiger partial charge on any atom is 0.226 e. The largest absolute Gasteiger partial charge is 0.357 e. The van der Waals surface area contributed by atoms with Crippen molar-refractivity contribution in [3.05, 3.63) is 29.8 Å². The average molecular weight is 432 g/mol. The van der Waals surface area contributed by atoms with Crippen molar-refractivity contribution in [1.82, 2.24) is 10.6 Å². The third-order valence-corrected chi connectivity index (χ3v) is 2.94. The van der Waals surface area contributed by atoms with Gasteiger partial charge in [0.25, 0.3) is 0 Å². The van der Waals surface area contributed by atoms with Crippen LogP contribution in [-0.2, 0) is 11.3 Å². The number of halogens is 1. The maximum absolute atomic E-state index is 11.6. The molecule has 0 bridgehead atoms. The third kappa shape index (κ3) is 8.78. The minimum absolute atomic E-state index is 0. The van der Waals surface area contributed by atoms with Crippen molar-refractivity contribution in [3.63, 3.8) is 0 Å². The lowest BCUT2D eigenvalue weighted by Crippen LogP contribution is -2.40. The first-order chi connectivity index (χ1) is 10.4. The third-order valence-electron chi connectivity index (χ3n) is 2.94. The maximum atomic E-state index is 11.6. The number of carbonyl (C=O) groups is 1. The van der Waals surface area contributed by atoms with E-state index in [0.717, 1.165) is 23.8 Å². The van der Waals surface area contributed by atoms with E-state index in [1.54, 1.807) is 0 Å². The van der Waals surface area contributed by atoms with E-state index in [1.165, 1.54) is 0 Å². The standard InChI is InChI=1S/C17H28N4O.HI/c1-6-18-17(20-13(4)5)19-11-14-7-9-15(10-8-14)21-16(22)12(2)3;/h7-10,12-13H,6,11H2,1-5H3,(H,21,22)(H2,18,19,20);1H. The number of hydrogen-bond donors (Lipinski definition) is 3. The molecule has 0 radical (unpaired) electrons. The van der Waals surface area contributed by atoms with Crippen LogP contribution < -0.4 is 16.0 Å². The first-order valence-corrected chi connectivity index (χ1v) is 7.87. The second kappa shape index (κ2) is 11.3. The molecule has 1 amide bonds. The topological polar surface area (TPSA) is 65.5 Å². The fourth-order valence-corrected chi connectivity index (χ4v) is 1.74. The van der Waals surface area contributed by atoms with E-state index < -0.39 is 0 Å². The summed E-state index contributed by atoms with van der Waals surface area (Å²) in [5.41, 5.74) is 1.92. The molecule has 0 spiro atoms. The van der Waals surface area contributed by atoms with Gasteiger partial charge in [-0.05, 0) is 38.5 Å². The molecule has 0 fully saturated rings. The summed E-state index contributed by atoms with van der Waals surface area (Å²) in [6, 6.07) is 8.13. The van der Waals surface area contributed by atoms with Gasteiger partial charge in [-0.1, -0.05) is 26.0 Å². The van der Waals surface area contributed by atoms with Crippen LogP contribution in [0, 0.1) is 5.92 Å². The summed E-state index contributed by atoms with van der Waals surface area (Å²) in [6.45, 7) is 11.4. The first-order valence-electron chi connectivity index (χ1n) is 7.87. The van der Waals surface area contributed by atoms with Crippen LogP contribution in [0.15, 0.2) is 29.3 Å². The molecule has 0 aliphatic carbocycles. The molecule has 0 aliphatic heterocycles. The van der Waals surface area contributed by atoms with Crippen LogP contribution in [0.2, 0.25) is 0 Å². The summed E-state index contributed by atoms with van der Waals surface area (Å²) >= 11 is 0. The van der Waals surface area contributed by atoms with Crippen LogP contribution >= 0.6 is 24.0 Å². The van der Waals surface area contributed by atoms with Crippen LogP contribution in [0.1, 0.15) is 40.2 Å². The molecule has 130 valence electrons. The average Bonchev–Trinajstić information content (AvgIpc) is 2.45. The molecule has 1 aromatic rings. The fourth-order valence-electron chi connectivity index (χ4n) is 1.74. The van der Waals surface area contributed by atoms with Gasteiger partial charge in [-0.2, -0.15) is 0 Å². The lowest BCUT2D eigenvalue weighted by atomic mass is 10.2. The predicted octanol–water partition coefficient (Wildman–Crippen LogP) is 3.36. The molecule has 1 rings (SSSR count). The van der Waals surface area contributed by atoms with E-state index in [2.05, 4.69) is 34.8 Å². The Kier molecular flexibility index (Phi) is 10.6. The van der Waals surface area contributed by atoms with Crippen molar-refractivity contribution in [1.29, 1.82) is 0 Å². The number of anilines is 1. The SMILES string of the molecule is CCNC(=NCc1ccc(NC(=O)C(C)C)cc1)NC(C)C.I. The van der Waals surface area contributed by atoms with Crippen molar-refractivity contribution in [2.45, 2.75) is 47.2 Å². The molecule has 0 unspecified atom stereocenters. The van der Waals surface area contributed by atoms with Crippen LogP contribution in [0.4, 0.5) is 5.69 Å². The van der Waals surface area contributed by atoms with Crippen LogP contribution in [0.3, 0.4) is 0 Å². The molecule has 5 nitrogen and oxygen atoms in total. The molecular formula is C17H29IN4O. The number of aliphatic imine (C=N–C) groups is 1. The summed E-state index contributed by atoms with van der Waals surface area (Å²) in [7, 11) is 0. The van der Waals surface area contributed by atoms with Crippen LogP contribution in [0.25, 0.3) is 0 Å².